The number of halogens is 1. The van der Waals surface area contributed by atoms with E-state index in [0.717, 1.165) is 39.6 Å². The smallest absolute Gasteiger partial charge is 0.231 e. The summed E-state index contributed by atoms with van der Waals surface area (Å²) in [5.74, 6) is 1.61. The number of aryl methyl sites for hydroxylation is 1. The highest BCUT2D eigenvalue weighted by Gasteiger charge is 2.16. The first kappa shape index (κ1) is 12.9. The van der Waals surface area contributed by atoms with Crippen LogP contribution in [0.4, 0.5) is 0 Å². The van der Waals surface area contributed by atoms with Crippen LogP contribution in [0.1, 0.15) is 15.4 Å². The molecule has 100 valence electrons. The summed E-state index contributed by atoms with van der Waals surface area (Å²) in [6.07, 6.45) is 1.90. The molecule has 6 heteroatoms. The number of benzene rings is 1. The molecule has 0 radical (unpaired) electrons. The standard InChI is InChI=1S/C13H13BrN2O2S/c1-8-4-16-13(19-8)6-15-5-9-2-11-12(3-10(9)14)18-7-17-11/h2-4,15H,5-7H2,1H3. The average molecular weight is 341 g/mol. The number of hydrogen-bond acceptors (Lipinski definition) is 5. The van der Waals surface area contributed by atoms with Gasteiger partial charge in [0.1, 0.15) is 5.01 Å². The fourth-order valence-electron chi connectivity index (χ4n) is 1.88. The minimum absolute atomic E-state index is 0.303. The van der Waals surface area contributed by atoms with E-state index in [1.165, 1.54) is 4.88 Å². The number of ether oxygens (including phenoxy) is 2. The van der Waals surface area contributed by atoms with Crippen LogP contribution >= 0.6 is 27.3 Å². The third-order valence-electron chi connectivity index (χ3n) is 2.80. The second kappa shape index (κ2) is 5.48. The van der Waals surface area contributed by atoms with E-state index < -0.39 is 0 Å². The van der Waals surface area contributed by atoms with Gasteiger partial charge < -0.3 is 14.8 Å². The van der Waals surface area contributed by atoms with Gasteiger partial charge in [-0.1, -0.05) is 15.9 Å². The lowest BCUT2D eigenvalue weighted by atomic mass is 10.2. The number of rotatable bonds is 4. The summed E-state index contributed by atoms with van der Waals surface area (Å²) in [5, 5.41) is 4.49. The van der Waals surface area contributed by atoms with Gasteiger partial charge in [-0.15, -0.1) is 11.3 Å². The second-order valence-electron chi connectivity index (χ2n) is 4.27. The van der Waals surface area contributed by atoms with Crippen molar-refractivity contribution in [3.05, 3.63) is 38.3 Å². The van der Waals surface area contributed by atoms with E-state index in [9.17, 15) is 0 Å². The van der Waals surface area contributed by atoms with Crippen molar-refractivity contribution in [2.24, 2.45) is 0 Å². The van der Waals surface area contributed by atoms with E-state index in [4.69, 9.17) is 9.47 Å². The molecule has 1 aliphatic heterocycles. The van der Waals surface area contributed by atoms with Gasteiger partial charge in [0.05, 0.1) is 0 Å². The van der Waals surface area contributed by atoms with Crippen molar-refractivity contribution in [3.8, 4) is 11.5 Å². The lowest BCUT2D eigenvalue weighted by molar-refractivity contribution is 0.174. The average Bonchev–Trinajstić information content (AvgIpc) is 2.98. The molecule has 0 amide bonds. The summed E-state index contributed by atoms with van der Waals surface area (Å²) in [4.78, 5) is 5.56. The van der Waals surface area contributed by atoms with Crippen LogP contribution < -0.4 is 14.8 Å². The van der Waals surface area contributed by atoms with Gasteiger partial charge in [-0.3, -0.25) is 0 Å². The van der Waals surface area contributed by atoms with Gasteiger partial charge in [0.2, 0.25) is 6.79 Å². The van der Waals surface area contributed by atoms with E-state index in [1.54, 1.807) is 11.3 Å². The molecule has 0 unspecified atom stereocenters. The summed E-state index contributed by atoms with van der Waals surface area (Å²) in [5.41, 5.74) is 1.15. The predicted octanol–water partition coefficient (Wildman–Crippen LogP) is 3.23. The van der Waals surface area contributed by atoms with E-state index >= 15 is 0 Å². The molecule has 0 aliphatic carbocycles. The molecular formula is C13H13BrN2O2S. The quantitative estimate of drug-likeness (QED) is 0.927. The van der Waals surface area contributed by atoms with E-state index in [0.29, 0.717) is 6.79 Å². The zero-order valence-electron chi connectivity index (χ0n) is 10.4. The fraction of sp³-hybridized carbons (Fsp3) is 0.308. The maximum Gasteiger partial charge on any atom is 0.231 e. The Morgan fingerprint density at radius 1 is 1.32 bits per heavy atom. The number of fused-ring (bicyclic) bond motifs is 1. The molecule has 3 rings (SSSR count). The third-order valence-corrected chi connectivity index (χ3v) is 4.45. The first-order chi connectivity index (χ1) is 9.22. The minimum atomic E-state index is 0.303. The van der Waals surface area contributed by atoms with Crippen LogP contribution in [0, 0.1) is 6.92 Å². The van der Waals surface area contributed by atoms with Crippen LogP contribution in [0.5, 0.6) is 11.5 Å². The SMILES string of the molecule is Cc1cnc(CNCc2cc3c(cc2Br)OCO3)s1. The van der Waals surface area contributed by atoms with Gasteiger partial charge in [-0.05, 0) is 24.6 Å². The summed E-state index contributed by atoms with van der Waals surface area (Å²) < 4.78 is 11.7. The molecule has 1 aliphatic rings. The minimum Gasteiger partial charge on any atom is -0.454 e. The van der Waals surface area contributed by atoms with Gasteiger partial charge in [0.15, 0.2) is 11.5 Å². The second-order valence-corrected chi connectivity index (χ2v) is 6.44. The number of hydrogen-bond donors (Lipinski definition) is 1. The van der Waals surface area contributed by atoms with Crippen molar-refractivity contribution in [1.29, 1.82) is 0 Å². The topological polar surface area (TPSA) is 43.4 Å². The van der Waals surface area contributed by atoms with Crippen molar-refractivity contribution < 1.29 is 9.47 Å². The first-order valence-corrected chi connectivity index (χ1v) is 7.53. The monoisotopic (exact) mass is 340 g/mol. The molecule has 1 aromatic heterocycles. The van der Waals surface area contributed by atoms with E-state index in [2.05, 4.69) is 33.2 Å². The maximum absolute atomic E-state index is 5.38. The molecule has 0 saturated carbocycles. The van der Waals surface area contributed by atoms with Gasteiger partial charge in [-0.25, -0.2) is 4.98 Å². The normalized spacial score (nSPS) is 12.9. The van der Waals surface area contributed by atoms with E-state index in [-0.39, 0.29) is 0 Å². The Kier molecular flexibility index (Phi) is 3.72. The van der Waals surface area contributed by atoms with Crippen molar-refractivity contribution >= 4 is 27.3 Å². The molecule has 1 N–H and O–H groups in total. The van der Waals surface area contributed by atoms with Crippen molar-refractivity contribution in [1.82, 2.24) is 10.3 Å². The Hall–Kier alpha value is -1.11. The van der Waals surface area contributed by atoms with Gasteiger partial charge >= 0.3 is 0 Å². The van der Waals surface area contributed by atoms with Crippen LogP contribution in [-0.4, -0.2) is 11.8 Å². The Morgan fingerprint density at radius 3 is 2.84 bits per heavy atom. The van der Waals surface area contributed by atoms with Gasteiger partial charge in [0.25, 0.3) is 0 Å². The molecule has 4 nitrogen and oxygen atoms in total. The predicted molar refractivity (Wildman–Crippen MR) is 77.7 cm³/mol. The Labute approximate surface area is 123 Å². The molecule has 19 heavy (non-hydrogen) atoms. The van der Waals surface area contributed by atoms with E-state index in [1.807, 2.05) is 18.3 Å². The molecule has 1 aromatic carbocycles. The third kappa shape index (κ3) is 2.91. The van der Waals surface area contributed by atoms with Crippen molar-refractivity contribution in [3.63, 3.8) is 0 Å². The molecule has 0 spiro atoms. The van der Waals surface area contributed by atoms with Crippen LogP contribution in [0.25, 0.3) is 0 Å². The summed E-state index contributed by atoms with van der Waals surface area (Å²) >= 11 is 5.27. The Balaban J connectivity index is 1.64. The largest absolute Gasteiger partial charge is 0.454 e. The van der Waals surface area contributed by atoms with Crippen molar-refractivity contribution in [2.45, 2.75) is 20.0 Å². The molecule has 2 aromatic rings. The van der Waals surface area contributed by atoms with Crippen LogP contribution in [-0.2, 0) is 13.1 Å². The zero-order chi connectivity index (χ0) is 13.2. The zero-order valence-corrected chi connectivity index (χ0v) is 12.8. The lowest BCUT2D eigenvalue weighted by Crippen LogP contribution is -2.12. The molecule has 2 heterocycles. The molecule has 0 saturated heterocycles. The Morgan fingerprint density at radius 2 is 2.11 bits per heavy atom. The van der Waals surface area contributed by atoms with Gasteiger partial charge in [0, 0.05) is 28.6 Å². The number of nitrogens with zero attached hydrogens (tertiary/aromatic N) is 1. The number of thiazole rings is 1. The molecule has 0 fully saturated rings. The summed E-state index contributed by atoms with van der Waals surface area (Å²) in [7, 11) is 0. The highest BCUT2D eigenvalue weighted by Crippen LogP contribution is 2.36. The number of nitrogens with one attached hydrogen (secondary N) is 1. The van der Waals surface area contributed by atoms with Crippen LogP contribution in [0.2, 0.25) is 0 Å². The highest BCUT2D eigenvalue weighted by atomic mass is 79.9. The van der Waals surface area contributed by atoms with Crippen molar-refractivity contribution in [2.75, 3.05) is 6.79 Å². The lowest BCUT2D eigenvalue weighted by Gasteiger charge is -2.07. The first-order valence-electron chi connectivity index (χ1n) is 5.92. The van der Waals surface area contributed by atoms with Crippen LogP contribution in [0.3, 0.4) is 0 Å². The maximum atomic E-state index is 5.38. The fourth-order valence-corrected chi connectivity index (χ4v) is 3.10. The Bertz CT molecular complexity index is 600. The summed E-state index contributed by atoms with van der Waals surface area (Å²) in [6, 6.07) is 3.96. The summed E-state index contributed by atoms with van der Waals surface area (Å²) in [6.45, 7) is 3.90. The number of aromatic nitrogens is 1. The molecule has 0 bridgehead atoms. The van der Waals surface area contributed by atoms with Crippen LogP contribution in [0.15, 0.2) is 22.8 Å². The highest BCUT2D eigenvalue weighted by molar-refractivity contribution is 9.10. The molecule has 0 atom stereocenters. The molecular weight excluding hydrogens is 328 g/mol. The van der Waals surface area contributed by atoms with Gasteiger partial charge in [-0.2, -0.15) is 0 Å².